The minimum atomic E-state index is -0.231. The van der Waals surface area contributed by atoms with E-state index in [0.717, 1.165) is 29.6 Å². The summed E-state index contributed by atoms with van der Waals surface area (Å²) in [6.45, 7) is 3.65. The Balaban J connectivity index is 2.16. The Morgan fingerprint density at radius 1 is 1.50 bits per heavy atom. The predicted molar refractivity (Wildman–Crippen MR) is 64.9 cm³/mol. The first-order valence-corrected chi connectivity index (χ1v) is 6.26. The molecule has 2 nitrogen and oxygen atoms in total. The van der Waals surface area contributed by atoms with Gasteiger partial charge >= 0.3 is 0 Å². The lowest BCUT2D eigenvalue weighted by Gasteiger charge is -2.17. The molecule has 2 atom stereocenters. The molecule has 1 aromatic carbocycles. The number of benzene rings is 1. The minimum Gasteiger partial charge on any atom is -0.372 e. The SMILES string of the molecule is CC1CCOC(c2ccc(F)cc2Br)CN1. The van der Waals surface area contributed by atoms with E-state index in [4.69, 9.17) is 4.74 Å². The molecular weight excluding hydrogens is 273 g/mol. The molecule has 1 saturated heterocycles. The second-order valence-electron chi connectivity index (χ2n) is 4.12. The van der Waals surface area contributed by atoms with Crippen LogP contribution in [0.4, 0.5) is 4.39 Å². The summed E-state index contributed by atoms with van der Waals surface area (Å²) in [6, 6.07) is 5.20. The normalized spacial score (nSPS) is 26.4. The molecule has 0 spiro atoms. The highest BCUT2D eigenvalue weighted by atomic mass is 79.9. The molecule has 1 heterocycles. The first kappa shape index (κ1) is 12.0. The van der Waals surface area contributed by atoms with Crippen LogP contribution in [0.15, 0.2) is 22.7 Å². The van der Waals surface area contributed by atoms with Gasteiger partial charge in [-0.3, -0.25) is 0 Å². The highest BCUT2D eigenvalue weighted by molar-refractivity contribution is 9.10. The van der Waals surface area contributed by atoms with Crippen molar-refractivity contribution in [3.63, 3.8) is 0 Å². The summed E-state index contributed by atoms with van der Waals surface area (Å²) in [5.41, 5.74) is 1.00. The summed E-state index contributed by atoms with van der Waals surface area (Å²) >= 11 is 3.38. The molecule has 88 valence electrons. The lowest BCUT2D eigenvalue weighted by atomic mass is 10.1. The maximum atomic E-state index is 13.0. The largest absolute Gasteiger partial charge is 0.372 e. The second-order valence-corrected chi connectivity index (χ2v) is 4.98. The quantitative estimate of drug-likeness (QED) is 0.857. The topological polar surface area (TPSA) is 21.3 Å². The van der Waals surface area contributed by atoms with Gasteiger partial charge in [0.1, 0.15) is 5.82 Å². The number of nitrogens with one attached hydrogen (secondary N) is 1. The summed E-state index contributed by atoms with van der Waals surface area (Å²) < 4.78 is 19.5. The van der Waals surface area contributed by atoms with Crippen LogP contribution in [0, 0.1) is 5.82 Å². The van der Waals surface area contributed by atoms with Gasteiger partial charge in [0.05, 0.1) is 6.10 Å². The first-order valence-electron chi connectivity index (χ1n) is 5.47. The van der Waals surface area contributed by atoms with E-state index in [0.29, 0.717) is 6.04 Å². The molecule has 0 amide bonds. The minimum absolute atomic E-state index is 0.0000694. The molecule has 1 fully saturated rings. The van der Waals surface area contributed by atoms with E-state index >= 15 is 0 Å². The van der Waals surface area contributed by atoms with Gasteiger partial charge in [-0.05, 0) is 31.0 Å². The fraction of sp³-hybridized carbons (Fsp3) is 0.500. The zero-order valence-electron chi connectivity index (χ0n) is 9.17. The highest BCUT2D eigenvalue weighted by Crippen LogP contribution is 2.27. The second kappa shape index (κ2) is 5.25. The molecule has 1 aliphatic heterocycles. The van der Waals surface area contributed by atoms with Crippen LogP contribution in [0.5, 0.6) is 0 Å². The summed E-state index contributed by atoms with van der Waals surface area (Å²) in [5.74, 6) is -0.231. The number of halogens is 2. The molecule has 0 saturated carbocycles. The van der Waals surface area contributed by atoms with Gasteiger partial charge < -0.3 is 10.1 Å². The third-order valence-electron chi connectivity index (χ3n) is 2.83. The lowest BCUT2D eigenvalue weighted by molar-refractivity contribution is 0.0659. The molecular formula is C12H15BrFNO. The standard InChI is InChI=1S/C12H15BrFNO/c1-8-4-5-16-12(7-15-8)10-3-2-9(14)6-11(10)13/h2-3,6,8,12,15H,4-5,7H2,1H3. The van der Waals surface area contributed by atoms with E-state index in [-0.39, 0.29) is 11.9 Å². The van der Waals surface area contributed by atoms with Crippen molar-refractivity contribution in [3.8, 4) is 0 Å². The Morgan fingerprint density at radius 2 is 2.31 bits per heavy atom. The molecule has 1 aromatic rings. The van der Waals surface area contributed by atoms with Crippen molar-refractivity contribution in [2.24, 2.45) is 0 Å². The molecule has 1 N–H and O–H groups in total. The van der Waals surface area contributed by atoms with Gasteiger partial charge in [-0.2, -0.15) is 0 Å². The Morgan fingerprint density at radius 3 is 3.06 bits per heavy atom. The maximum absolute atomic E-state index is 13.0. The van der Waals surface area contributed by atoms with E-state index in [2.05, 4.69) is 28.2 Å². The van der Waals surface area contributed by atoms with Crippen molar-refractivity contribution >= 4 is 15.9 Å². The van der Waals surface area contributed by atoms with Crippen LogP contribution >= 0.6 is 15.9 Å². The molecule has 2 rings (SSSR count). The number of hydrogen-bond acceptors (Lipinski definition) is 2. The van der Waals surface area contributed by atoms with Gasteiger partial charge in [0, 0.05) is 23.7 Å². The van der Waals surface area contributed by atoms with Crippen LogP contribution in [0.1, 0.15) is 25.0 Å². The highest BCUT2D eigenvalue weighted by Gasteiger charge is 2.19. The first-order chi connectivity index (χ1) is 7.66. The summed E-state index contributed by atoms with van der Waals surface area (Å²) in [5, 5.41) is 3.40. The zero-order valence-corrected chi connectivity index (χ0v) is 10.8. The van der Waals surface area contributed by atoms with Gasteiger partial charge in [-0.25, -0.2) is 4.39 Å². The van der Waals surface area contributed by atoms with Gasteiger partial charge in [0.2, 0.25) is 0 Å². The van der Waals surface area contributed by atoms with Gasteiger partial charge in [-0.1, -0.05) is 22.0 Å². The lowest BCUT2D eigenvalue weighted by Crippen LogP contribution is -2.27. The number of hydrogen-bond donors (Lipinski definition) is 1. The molecule has 1 aliphatic rings. The van der Waals surface area contributed by atoms with Crippen molar-refractivity contribution in [3.05, 3.63) is 34.1 Å². The predicted octanol–water partition coefficient (Wildman–Crippen LogP) is 3.03. The van der Waals surface area contributed by atoms with E-state index < -0.39 is 0 Å². The van der Waals surface area contributed by atoms with E-state index in [1.54, 1.807) is 6.07 Å². The Bertz CT molecular complexity index is 372. The van der Waals surface area contributed by atoms with Crippen LogP contribution < -0.4 is 5.32 Å². The summed E-state index contributed by atoms with van der Waals surface area (Å²) in [6.07, 6.45) is 1.01. The average Bonchev–Trinajstić information content (AvgIpc) is 2.43. The summed E-state index contributed by atoms with van der Waals surface area (Å²) in [7, 11) is 0. The van der Waals surface area contributed by atoms with E-state index in [1.165, 1.54) is 12.1 Å². The van der Waals surface area contributed by atoms with E-state index in [9.17, 15) is 4.39 Å². The van der Waals surface area contributed by atoms with Crippen LogP contribution in [0.2, 0.25) is 0 Å². The monoisotopic (exact) mass is 287 g/mol. The third kappa shape index (κ3) is 2.81. The van der Waals surface area contributed by atoms with Crippen molar-refractivity contribution in [2.45, 2.75) is 25.5 Å². The molecule has 4 heteroatoms. The third-order valence-corrected chi connectivity index (χ3v) is 3.52. The van der Waals surface area contributed by atoms with Crippen LogP contribution in [0.25, 0.3) is 0 Å². The van der Waals surface area contributed by atoms with Crippen molar-refractivity contribution in [1.29, 1.82) is 0 Å². The summed E-state index contributed by atoms with van der Waals surface area (Å²) in [4.78, 5) is 0. The fourth-order valence-electron chi connectivity index (χ4n) is 1.82. The molecule has 0 aliphatic carbocycles. The maximum Gasteiger partial charge on any atom is 0.124 e. The Hall–Kier alpha value is -0.450. The van der Waals surface area contributed by atoms with Crippen molar-refractivity contribution in [2.75, 3.05) is 13.2 Å². The van der Waals surface area contributed by atoms with E-state index in [1.807, 2.05) is 0 Å². The zero-order chi connectivity index (χ0) is 11.5. The average molecular weight is 288 g/mol. The molecule has 0 radical (unpaired) electrons. The van der Waals surface area contributed by atoms with Crippen LogP contribution in [0.3, 0.4) is 0 Å². The molecule has 0 aromatic heterocycles. The smallest absolute Gasteiger partial charge is 0.124 e. The van der Waals surface area contributed by atoms with Crippen molar-refractivity contribution in [1.82, 2.24) is 5.32 Å². The number of ether oxygens (including phenoxy) is 1. The van der Waals surface area contributed by atoms with Crippen molar-refractivity contribution < 1.29 is 9.13 Å². The van der Waals surface area contributed by atoms with Crippen LogP contribution in [-0.4, -0.2) is 19.2 Å². The Kier molecular flexibility index (Phi) is 3.95. The Labute approximate surface area is 103 Å². The van der Waals surface area contributed by atoms with Gasteiger partial charge in [-0.15, -0.1) is 0 Å². The van der Waals surface area contributed by atoms with Crippen LogP contribution in [-0.2, 0) is 4.74 Å². The van der Waals surface area contributed by atoms with Gasteiger partial charge in [0.15, 0.2) is 0 Å². The number of rotatable bonds is 1. The molecule has 2 unspecified atom stereocenters. The molecule has 16 heavy (non-hydrogen) atoms. The van der Waals surface area contributed by atoms with Gasteiger partial charge in [0.25, 0.3) is 0 Å². The fourth-order valence-corrected chi connectivity index (χ4v) is 2.42. The molecule has 0 bridgehead atoms.